The van der Waals surface area contributed by atoms with Crippen molar-refractivity contribution in [3.63, 3.8) is 0 Å². The molecule has 2 heterocycles. The summed E-state index contributed by atoms with van der Waals surface area (Å²) in [4.78, 5) is 52.2. The number of ether oxygens (including phenoxy) is 1. The van der Waals surface area contributed by atoms with Crippen molar-refractivity contribution in [2.24, 2.45) is 40.4 Å². The summed E-state index contributed by atoms with van der Waals surface area (Å²) in [5.74, 6) is -0.963. The van der Waals surface area contributed by atoms with E-state index < -0.39 is 52.4 Å². The van der Waals surface area contributed by atoms with Gasteiger partial charge < -0.3 is 30.7 Å². The molecule has 3 aliphatic carbocycles. The summed E-state index contributed by atoms with van der Waals surface area (Å²) in [6.45, 7) is 12.8. The Hall–Kier alpha value is -5.54. The third kappa shape index (κ3) is 11.3. The van der Waals surface area contributed by atoms with Gasteiger partial charge in [-0.2, -0.15) is 26.3 Å². The second-order valence-corrected chi connectivity index (χ2v) is 20.7. The molecule has 5 aliphatic rings. The lowest BCUT2D eigenvalue weighted by molar-refractivity contribution is -0.141. The van der Waals surface area contributed by atoms with E-state index in [0.29, 0.717) is 61.2 Å². The number of alkyl halides is 6. The summed E-state index contributed by atoms with van der Waals surface area (Å²) >= 11 is 0. The van der Waals surface area contributed by atoms with Crippen LogP contribution < -0.4 is 25.6 Å². The number of piperidine rings is 1. The first kappa shape index (κ1) is 52.3. The minimum absolute atomic E-state index is 0.0535. The zero-order valence-electron chi connectivity index (χ0n) is 40.6. The number of carboxylic acids is 1. The molecule has 4 N–H and O–H groups in total. The van der Waals surface area contributed by atoms with Gasteiger partial charge in [-0.3, -0.25) is 14.4 Å². The molecule has 8 rings (SSSR count). The Morgan fingerprint density at radius 3 is 2.29 bits per heavy atom. The van der Waals surface area contributed by atoms with E-state index in [9.17, 15) is 50.6 Å². The molecule has 3 aromatic carbocycles. The molecule has 10 nitrogen and oxygen atoms in total. The van der Waals surface area contributed by atoms with Crippen LogP contribution in [0, 0.1) is 40.4 Å². The number of hydrogen-bond acceptors (Lipinski definition) is 6. The van der Waals surface area contributed by atoms with Crippen LogP contribution in [0.15, 0.2) is 72.8 Å². The first-order valence-electron chi connectivity index (χ1n) is 24.7. The van der Waals surface area contributed by atoms with Crippen LogP contribution in [0.1, 0.15) is 137 Å². The number of rotatable bonds is 12. The third-order valence-electron chi connectivity index (χ3n) is 15.9. The van der Waals surface area contributed by atoms with Crippen molar-refractivity contribution in [1.82, 2.24) is 10.6 Å². The molecule has 380 valence electrons. The Labute approximate surface area is 406 Å². The van der Waals surface area contributed by atoms with Gasteiger partial charge in [0.2, 0.25) is 17.7 Å². The molecule has 8 atom stereocenters. The number of halogens is 6. The van der Waals surface area contributed by atoms with Crippen molar-refractivity contribution < 1.29 is 55.4 Å². The van der Waals surface area contributed by atoms with Gasteiger partial charge in [0.15, 0.2) is 0 Å². The Kier molecular flexibility index (Phi) is 15.7. The number of hydrogen-bond donors (Lipinski definition) is 4. The highest BCUT2D eigenvalue weighted by Crippen LogP contribution is 2.65. The number of benzene rings is 3. The number of aromatic carboxylic acids is 1. The molecule has 0 radical (unpaired) electrons. The maximum absolute atomic E-state index is 13.6. The van der Waals surface area contributed by atoms with Gasteiger partial charge in [0.05, 0.1) is 35.9 Å². The van der Waals surface area contributed by atoms with Crippen LogP contribution in [-0.2, 0) is 33.2 Å². The van der Waals surface area contributed by atoms with E-state index in [4.69, 9.17) is 4.74 Å². The normalized spacial score (nSPS) is 26.7. The minimum Gasteiger partial charge on any atom is -0.493 e. The monoisotopic (exact) mass is 980 g/mol. The van der Waals surface area contributed by atoms with Crippen molar-refractivity contribution in [2.75, 3.05) is 29.9 Å². The van der Waals surface area contributed by atoms with Crippen LogP contribution in [0.2, 0.25) is 0 Å². The molecule has 4 fully saturated rings. The van der Waals surface area contributed by atoms with Gasteiger partial charge >= 0.3 is 18.3 Å². The Morgan fingerprint density at radius 1 is 0.886 bits per heavy atom. The summed E-state index contributed by atoms with van der Waals surface area (Å²) in [5.41, 5.74) is -0.843. The number of fused-ring (bicyclic) bond motifs is 5. The molecule has 0 aromatic heterocycles. The third-order valence-corrected chi connectivity index (χ3v) is 15.9. The van der Waals surface area contributed by atoms with E-state index in [1.165, 1.54) is 31.0 Å². The SMILES string of the molecule is CCOc1cc(CC(=O)N[C@@H](CC(C)C)c2ccccc2N2CCCCC2)ccc1C(=O)O.C[C@]12C=CC(=O)N[C@@H]1CC[C@@H]1[C@@H]2CC[C@]2(C)[C@@H](C(=O)Nc3cc(C(F)(F)F)ccc3C(F)(F)F)CC[C@@H]12. The largest absolute Gasteiger partial charge is 0.493 e. The molecule has 0 spiro atoms. The highest BCUT2D eigenvalue weighted by Gasteiger charge is 2.61. The average molecular weight is 981 g/mol. The topological polar surface area (TPSA) is 137 Å². The number of anilines is 2. The fourth-order valence-electron chi connectivity index (χ4n) is 12.6. The van der Waals surface area contributed by atoms with E-state index in [2.05, 4.69) is 59.8 Å². The quantitative estimate of drug-likeness (QED) is 0.133. The van der Waals surface area contributed by atoms with Gasteiger partial charge in [0, 0.05) is 36.2 Å². The van der Waals surface area contributed by atoms with Crippen molar-refractivity contribution in [1.29, 1.82) is 0 Å². The molecule has 16 heteroatoms. The maximum Gasteiger partial charge on any atom is 0.418 e. The fourth-order valence-corrected chi connectivity index (χ4v) is 12.6. The lowest BCUT2D eigenvalue weighted by Crippen LogP contribution is -2.59. The number of carbonyl (C=O) groups is 4. The molecular formula is C54H66F6N4O6. The second kappa shape index (κ2) is 21.0. The summed E-state index contributed by atoms with van der Waals surface area (Å²) in [7, 11) is 0. The molecule has 70 heavy (non-hydrogen) atoms. The van der Waals surface area contributed by atoms with E-state index in [1.54, 1.807) is 25.1 Å². The lowest BCUT2D eigenvalue weighted by atomic mass is 9.48. The Bertz CT molecular complexity index is 2430. The van der Waals surface area contributed by atoms with Crippen molar-refractivity contribution in [3.05, 3.63) is 101 Å². The molecule has 3 aromatic rings. The van der Waals surface area contributed by atoms with Crippen LogP contribution in [0.3, 0.4) is 0 Å². The number of carboxylic acid groups (broad SMARTS) is 1. The van der Waals surface area contributed by atoms with Gasteiger partial charge in [-0.05, 0) is 154 Å². The average Bonchev–Trinajstić information content (AvgIpc) is 3.66. The number of nitrogens with one attached hydrogen (secondary N) is 3. The van der Waals surface area contributed by atoms with Crippen molar-refractivity contribution in [2.45, 2.75) is 130 Å². The van der Waals surface area contributed by atoms with E-state index in [0.717, 1.165) is 56.3 Å². The smallest absolute Gasteiger partial charge is 0.418 e. The van der Waals surface area contributed by atoms with Gasteiger partial charge in [-0.15, -0.1) is 0 Å². The van der Waals surface area contributed by atoms with Gasteiger partial charge in [0.25, 0.3) is 0 Å². The Balaban J connectivity index is 0.000000208. The second-order valence-electron chi connectivity index (χ2n) is 20.7. The maximum atomic E-state index is 13.6. The lowest BCUT2D eigenvalue weighted by Gasteiger charge is -2.58. The standard InChI is InChI=1S/C27H30F6N2O2.C27H36N2O4/c1-24-11-9-17-15(4-8-21-25(17,2)12-10-22(36)35-21)16(24)6-7-19(24)23(37)34-20-13-14(26(28,29)30)3-5-18(20)27(31,32)33;1-4-33-25-17-20(12-13-22(25)27(31)32)18-26(30)28-23(16-19(2)3)21-10-6-7-11-24(21)29-14-8-5-9-15-29/h3,5,10,12-13,15-17,19,21H,4,6-9,11H2,1-2H3,(H,34,37)(H,35,36);6-7,10-13,17,19,23H,4-5,8-9,14-16,18H2,1-3H3,(H,28,30)(H,31,32)/t15-,16-,17-,19+,21+,24-,25+;23-/m00/s1. The molecule has 3 saturated carbocycles. The van der Waals surface area contributed by atoms with Gasteiger partial charge in [-0.25, -0.2) is 4.79 Å². The minimum atomic E-state index is -4.91. The Morgan fingerprint density at radius 2 is 1.61 bits per heavy atom. The number of amides is 3. The molecule has 2 aliphatic heterocycles. The van der Waals surface area contributed by atoms with E-state index in [1.807, 2.05) is 19.1 Å². The van der Waals surface area contributed by atoms with Crippen LogP contribution in [0.25, 0.3) is 0 Å². The van der Waals surface area contributed by atoms with Crippen LogP contribution in [0.4, 0.5) is 37.7 Å². The highest BCUT2D eigenvalue weighted by atomic mass is 19.4. The fraction of sp³-hybridized carbons (Fsp3) is 0.556. The first-order chi connectivity index (χ1) is 33.0. The highest BCUT2D eigenvalue weighted by molar-refractivity contribution is 5.94. The summed E-state index contributed by atoms with van der Waals surface area (Å²) in [5, 5.41) is 18.0. The van der Waals surface area contributed by atoms with E-state index in [-0.39, 0.29) is 47.2 Å². The summed E-state index contributed by atoms with van der Waals surface area (Å²) in [6, 6.07) is 14.4. The predicted octanol–water partition coefficient (Wildman–Crippen LogP) is 11.8. The molecular weight excluding hydrogens is 915 g/mol. The predicted molar refractivity (Wildman–Crippen MR) is 255 cm³/mol. The van der Waals surface area contributed by atoms with Crippen LogP contribution in [0.5, 0.6) is 5.75 Å². The number of carbonyl (C=O) groups excluding carboxylic acids is 3. The molecule has 0 bridgehead atoms. The zero-order valence-corrected chi connectivity index (χ0v) is 40.6. The number of nitrogens with zero attached hydrogens (tertiary/aromatic N) is 1. The van der Waals surface area contributed by atoms with Gasteiger partial charge in [0.1, 0.15) is 11.3 Å². The molecule has 1 saturated heterocycles. The van der Waals surface area contributed by atoms with Gasteiger partial charge in [-0.1, -0.05) is 58.0 Å². The first-order valence-corrected chi connectivity index (χ1v) is 24.7. The summed E-state index contributed by atoms with van der Waals surface area (Å²) < 4.78 is 85.9. The summed E-state index contributed by atoms with van der Waals surface area (Å²) in [6.07, 6.45) is 2.95. The van der Waals surface area contributed by atoms with Crippen molar-refractivity contribution >= 4 is 35.1 Å². The van der Waals surface area contributed by atoms with Crippen LogP contribution in [-0.4, -0.2) is 54.5 Å². The van der Waals surface area contributed by atoms with E-state index >= 15 is 0 Å². The molecule has 3 amide bonds. The number of para-hydroxylation sites is 1. The molecule has 0 unspecified atom stereocenters. The van der Waals surface area contributed by atoms with Crippen LogP contribution >= 0.6 is 0 Å². The zero-order chi connectivity index (χ0) is 50.8. The van der Waals surface area contributed by atoms with Crippen molar-refractivity contribution in [3.8, 4) is 5.75 Å².